The number of hydrogen-bond donors (Lipinski definition) is 3. The Morgan fingerprint density at radius 2 is 1.96 bits per heavy atom. The Hall–Kier alpha value is -3.09. The molecule has 0 aliphatic carbocycles. The van der Waals surface area contributed by atoms with Gasteiger partial charge in [-0.25, -0.2) is 4.79 Å². The molecule has 1 aliphatic heterocycles. The van der Waals surface area contributed by atoms with Gasteiger partial charge >= 0.3 is 6.09 Å². The van der Waals surface area contributed by atoms with Crippen LogP contribution in [0.5, 0.6) is 0 Å². The number of nitrogens with one attached hydrogen (secondary N) is 1. The standard InChI is InChI=1S/C20H24N2O5/c1-12(11-20(2,3)27-19(21)26)16(23)15-17(24)14(22-18(15)25)10-9-13-7-5-4-6-8-13/h4-10,12,14,24H,11H2,1-3H3,(H2,21,26)(H,22,25). The summed E-state index contributed by atoms with van der Waals surface area (Å²) in [6.45, 7) is 4.85. The van der Waals surface area contributed by atoms with Gasteiger partial charge in [0.2, 0.25) is 0 Å². The van der Waals surface area contributed by atoms with Gasteiger partial charge in [-0.3, -0.25) is 9.59 Å². The Bertz CT molecular complexity index is 796. The first-order valence-corrected chi connectivity index (χ1v) is 8.60. The summed E-state index contributed by atoms with van der Waals surface area (Å²) in [6, 6.07) is 8.61. The summed E-state index contributed by atoms with van der Waals surface area (Å²) < 4.78 is 4.98. The average molecular weight is 372 g/mol. The molecule has 2 amide bonds. The molecule has 2 unspecified atom stereocenters. The fraction of sp³-hybridized carbons (Fsp3) is 0.350. The second-order valence-corrected chi connectivity index (χ2v) is 7.13. The fourth-order valence-corrected chi connectivity index (χ4v) is 3.09. The van der Waals surface area contributed by atoms with Crippen molar-refractivity contribution in [2.45, 2.75) is 38.8 Å². The zero-order chi connectivity index (χ0) is 20.2. The lowest BCUT2D eigenvalue weighted by Crippen LogP contribution is -2.35. The van der Waals surface area contributed by atoms with Crippen LogP contribution in [0.25, 0.3) is 6.08 Å². The van der Waals surface area contributed by atoms with Crippen molar-refractivity contribution in [3.63, 3.8) is 0 Å². The van der Waals surface area contributed by atoms with E-state index in [2.05, 4.69) is 5.32 Å². The molecule has 1 aromatic carbocycles. The highest BCUT2D eigenvalue weighted by molar-refractivity contribution is 6.22. The van der Waals surface area contributed by atoms with Gasteiger partial charge in [0.25, 0.3) is 5.91 Å². The number of aliphatic hydroxyl groups is 1. The number of nitrogens with two attached hydrogens (primary N) is 1. The number of hydrogen-bond acceptors (Lipinski definition) is 5. The van der Waals surface area contributed by atoms with E-state index in [1.807, 2.05) is 30.3 Å². The minimum atomic E-state index is -0.973. The van der Waals surface area contributed by atoms with Crippen molar-refractivity contribution >= 4 is 23.9 Å². The fourth-order valence-electron chi connectivity index (χ4n) is 3.09. The highest BCUT2D eigenvalue weighted by Gasteiger charge is 2.38. The van der Waals surface area contributed by atoms with Crippen molar-refractivity contribution < 1.29 is 24.2 Å². The number of primary amides is 1. The van der Waals surface area contributed by atoms with Gasteiger partial charge in [0, 0.05) is 5.92 Å². The third-order valence-electron chi connectivity index (χ3n) is 4.21. The molecule has 1 heterocycles. The van der Waals surface area contributed by atoms with E-state index in [4.69, 9.17) is 10.5 Å². The zero-order valence-electron chi connectivity index (χ0n) is 15.6. The maximum atomic E-state index is 12.7. The van der Waals surface area contributed by atoms with Crippen LogP contribution in [-0.4, -0.2) is 34.5 Å². The first-order valence-electron chi connectivity index (χ1n) is 8.60. The number of Topliss-reactive ketones (excluding diaryl/α,β-unsaturated/α-hetero) is 1. The highest BCUT2D eigenvalue weighted by atomic mass is 16.6. The predicted octanol–water partition coefficient (Wildman–Crippen LogP) is 2.48. The smallest absolute Gasteiger partial charge is 0.405 e. The number of ether oxygens (including phenoxy) is 1. The molecule has 1 aromatic rings. The highest BCUT2D eigenvalue weighted by Crippen LogP contribution is 2.26. The van der Waals surface area contributed by atoms with Crippen LogP contribution in [0.15, 0.2) is 47.7 Å². The SMILES string of the molecule is CC(CC(C)(C)OC(N)=O)C(=O)C1=C(O)C(C=Cc2ccccc2)NC1=O. The van der Waals surface area contributed by atoms with Gasteiger partial charge in [0.1, 0.15) is 23.0 Å². The van der Waals surface area contributed by atoms with Gasteiger partial charge in [-0.1, -0.05) is 49.4 Å². The van der Waals surface area contributed by atoms with Crippen molar-refractivity contribution in [1.29, 1.82) is 0 Å². The Balaban J connectivity index is 2.14. The monoisotopic (exact) mass is 372 g/mol. The molecule has 0 saturated carbocycles. The quantitative estimate of drug-likeness (QED) is 0.635. The van der Waals surface area contributed by atoms with Crippen LogP contribution in [0, 0.1) is 5.92 Å². The molecular formula is C20H24N2O5. The predicted molar refractivity (Wildman–Crippen MR) is 101 cm³/mol. The summed E-state index contributed by atoms with van der Waals surface area (Å²) in [7, 11) is 0. The van der Waals surface area contributed by atoms with E-state index in [1.54, 1.807) is 32.9 Å². The van der Waals surface area contributed by atoms with Crippen molar-refractivity contribution in [3.8, 4) is 0 Å². The van der Waals surface area contributed by atoms with Crippen molar-refractivity contribution in [3.05, 3.63) is 53.3 Å². The third-order valence-corrected chi connectivity index (χ3v) is 4.21. The van der Waals surface area contributed by atoms with Gasteiger partial charge in [-0.05, 0) is 25.8 Å². The Kier molecular flexibility index (Phi) is 6.05. The summed E-state index contributed by atoms with van der Waals surface area (Å²) in [4.78, 5) is 35.8. The molecule has 0 spiro atoms. The minimum Gasteiger partial charge on any atom is -0.509 e. The van der Waals surface area contributed by atoms with Gasteiger partial charge < -0.3 is 20.9 Å². The first kappa shape index (κ1) is 20.2. The first-order chi connectivity index (χ1) is 12.6. The molecule has 0 radical (unpaired) electrons. The second-order valence-electron chi connectivity index (χ2n) is 7.13. The molecule has 7 heteroatoms. The van der Waals surface area contributed by atoms with Gasteiger partial charge in [0.05, 0.1) is 0 Å². The lowest BCUT2D eigenvalue weighted by atomic mass is 9.88. The number of amides is 2. The van der Waals surface area contributed by atoms with Crippen LogP contribution in [0.1, 0.15) is 32.8 Å². The lowest BCUT2D eigenvalue weighted by molar-refractivity contribution is -0.125. The van der Waals surface area contributed by atoms with E-state index in [9.17, 15) is 19.5 Å². The summed E-state index contributed by atoms with van der Waals surface area (Å²) in [5.74, 6) is -2.10. The van der Waals surface area contributed by atoms with E-state index in [1.165, 1.54) is 0 Å². The number of carbonyl (C=O) groups excluding carboxylic acids is 3. The molecule has 0 aromatic heterocycles. The molecule has 7 nitrogen and oxygen atoms in total. The van der Waals surface area contributed by atoms with E-state index in [0.29, 0.717) is 0 Å². The molecule has 4 N–H and O–H groups in total. The Morgan fingerprint density at radius 3 is 2.56 bits per heavy atom. The Labute approximate surface area is 157 Å². The lowest BCUT2D eigenvalue weighted by Gasteiger charge is -2.26. The van der Waals surface area contributed by atoms with E-state index >= 15 is 0 Å². The molecule has 0 saturated heterocycles. The van der Waals surface area contributed by atoms with E-state index in [0.717, 1.165) is 5.56 Å². The molecule has 27 heavy (non-hydrogen) atoms. The van der Waals surface area contributed by atoms with Crippen LogP contribution in [0.3, 0.4) is 0 Å². The molecule has 144 valence electrons. The average Bonchev–Trinajstić information content (AvgIpc) is 2.85. The van der Waals surface area contributed by atoms with Crippen LogP contribution in [0.2, 0.25) is 0 Å². The summed E-state index contributed by atoms with van der Waals surface area (Å²) in [6.07, 6.45) is 2.59. The Morgan fingerprint density at radius 1 is 1.33 bits per heavy atom. The van der Waals surface area contributed by atoms with Crippen molar-refractivity contribution in [2.24, 2.45) is 11.7 Å². The van der Waals surface area contributed by atoms with Gasteiger partial charge in [-0.2, -0.15) is 0 Å². The van der Waals surface area contributed by atoms with Crippen molar-refractivity contribution in [2.75, 3.05) is 0 Å². The largest absolute Gasteiger partial charge is 0.509 e. The third kappa shape index (κ3) is 5.20. The maximum Gasteiger partial charge on any atom is 0.405 e. The van der Waals surface area contributed by atoms with Crippen LogP contribution >= 0.6 is 0 Å². The van der Waals surface area contributed by atoms with Crippen molar-refractivity contribution in [1.82, 2.24) is 5.32 Å². The number of ketones is 1. The molecule has 2 rings (SSSR count). The maximum absolute atomic E-state index is 12.7. The minimum absolute atomic E-state index is 0.156. The van der Waals surface area contributed by atoms with E-state index < -0.39 is 35.3 Å². The summed E-state index contributed by atoms with van der Waals surface area (Å²) >= 11 is 0. The normalized spacial score (nSPS) is 18.5. The number of rotatable bonds is 7. The van der Waals surface area contributed by atoms with Crippen LogP contribution in [-0.2, 0) is 14.3 Å². The zero-order valence-corrected chi connectivity index (χ0v) is 15.6. The molecule has 0 fully saturated rings. The summed E-state index contributed by atoms with van der Waals surface area (Å²) in [5.41, 5.74) is 4.69. The molecule has 1 aliphatic rings. The van der Waals surface area contributed by atoms with Gasteiger partial charge in [0.15, 0.2) is 5.78 Å². The molecule has 2 atom stereocenters. The number of carbonyl (C=O) groups is 3. The second kappa shape index (κ2) is 8.07. The molecular weight excluding hydrogens is 348 g/mol. The topological polar surface area (TPSA) is 119 Å². The molecule has 0 bridgehead atoms. The summed E-state index contributed by atoms with van der Waals surface area (Å²) in [5, 5.41) is 13.0. The van der Waals surface area contributed by atoms with E-state index in [-0.39, 0.29) is 17.8 Å². The van der Waals surface area contributed by atoms with Crippen LogP contribution < -0.4 is 11.1 Å². The number of aliphatic hydroxyl groups excluding tert-OH is 1. The number of benzene rings is 1. The van der Waals surface area contributed by atoms with Crippen LogP contribution in [0.4, 0.5) is 4.79 Å². The van der Waals surface area contributed by atoms with Gasteiger partial charge in [-0.15, -0.1) is 0 Å².